The van der Waals surface area contributed by atoms with Gasteiger partial charge < -0.3 is 0 Å². The smallest absolute Gasteiger partial charge is 0.240 e. The first kappa shape index (κ1) is 26.7. The molecule has 170 valence electrons. The number of rotatable bonds is 19. The average molecular weight is 433 g/mol. The van der Waals surface area contributed by atoms with Crippen LogP contribution in [0.3, 0.4) is 0 Å². The lowest BCUT2D eigenvalue weighted by Gasteiger charge is -2.03. The van der Waals surface area contributed by atoms with Gasteiger partial charge in [-0.2, -0.15) is 5.10 Å². The molecular weight excluding hydrogens is 388 g/mol. The summed E-state index contributed by atoms with van der Waals surface area (Å²) in [5.41, 5.74) is 3.65. The minimum absolute atomic E-state index is 0.0157. The number of carbonyl (C=O) groups excluding carboxylic acids is 1. The highest BCUT2D eigenvalue weighted by molar-refractivity contribution is 7.98. The molecule has 0 spiro atoms. The number of thioether (sulfide) groups is 1. The molecule has 0 aliphatic heterocycles. The lowest BCUT2D eigenvalue weighted by atomic mass is 10.0. The van der Waals surface area contributed by atoms with Gasteiger partial charge in [-0.05, 0) is 30.4 Å². The first-order valence-corrected chi connectivity index (χ1v) is 13.4. The van der Waals surface area contributed by atoms with Crippen molar-refractivity contribution in [2.45, 2.75) is 115 Å². The predicted molar refractivity (Wildman–Crippen MR) is 134 cm³/mol. The average Bonchev–Trinajstić information content (AvgIpc) is 2.76. The van der Waals surface area contributed by atoms with Crippen LogP contribution in [0.1, 0.15) is 115 Å². The lowest BCUT2D eigenvalue weighted by molar-refractivity contribution is -0.121. The van der Waals surface area contributed by atoms with Gasteiger partial charge in [0.25, 0.3) is 0 Å². The number of nitrogens with one attached hydrogen (secondary N) is 1. The molecule has 1 N–H and O–H groups in total. The van der Waals surface area contributed by atoms with Gasteiger partial charge in [0, 0.05) is 11.3 Å². The Bertz CT molecular complexity index is 574. The van der Waals surface area contributed by atoms with Crippen molar-refractivity contribution < 1.29 is 4.79 Å². The first-order valence-electron chi connectivity index (χ1n) is 12.2. The summed E-state index contributed by atoms with van der Waals surface area (Å²) < 4.78 is 0. The van der Waals surface area contributed by atoms with Crippen LogP contribution in [0.2, 0.25) is 0 Å². The number of nitrogens with zero attached hydrogens (tertiary/aromatic N) is 1. The Morgan fingerprint density at radius 2 is 1.40 bits per heavy atom. The Morgan fingerprint density at radius 1 is 0.867 bits per heavy atom. The summed E-state index contributed by atoms with van der Waals surface area (Å²) in [7, 11) is 0. The van der Waals surface area contributed by atoms with Gasteiger partial charge in [0.1, 0.15) is 0 Å². The number of carbonyl (C=O) groups is 1. The molecule has 3 nitrogen and oxygen atoms in total. The Balaban J connectivity index is 1.87. The van der Waals surface area contributed by atoms with Crippen LogP contribution in [-0.4, -0.2) is 18.4 Å². The standard InChI is InChI=1S/C26H44N2OS/c1-3-4-5-6-7-8-9-10-11-12-13-14-15-16-17-21-26(29)28-27-23-24-19-18-20-25(22-24)30-2/h18-20,22-23H,3-17,21H2,1-2H3,(H,28,29)/b27-23+. The van der Waals surface area contributed by atoms with Crippen LogP contribution >= 0.6 is 11.8 Å². The second-order valence-corrected chi connectivity index (χ2v) is 9.15. The highest BCUT2D eigenvalue weighted by atomic mass is 32.2. The number of hydrogen-bond acceptors (Lipinski definition) is 3. The number of hydrogen-bond donors (Lipinski definition) is 1. The van der Waals surface area contributed by atoms with E-state index in [9.17, 15) is 4.79 Å². The van der Waals surface area contributed by atoms with E-state index in [4.69, 9.17) is 0 Å². The molecule has 30 heavy (non-hydrogen) atoms. The fraction of sp³-hybridized carbons (Fsp3) is 0.692. The van der Waals surface area contributed by atoms with Gasteiger partial charge >= 0.3 is 0 Å². The molecular formula is C26H44N2OS. The zero-order valence-electron chi connectivity index (χ0n) is 19.5. The summed E-state index contributed by atoms with van der Waals surface area (Å²) in [5.74, 6) is 0.0157. The van der Waals surface area contributed by atoms with Crippen molar-refractivity contribution >= 4 is 23.9 Å². The minimum Gasteiger partial charge on any atom is -0.273 e. The summed E-state index contributed by atoms with van der Waals surface area (Å²) in [4.78, 5) is 13.1. The minimum atomic E-state index is 0.0157. The van der Waals surface area contributed by atoms with E-state index in [-0.39, 0.29) is 5.91 Å². The summed E-state index contributed by atoms with van der Waals surface area (Å²) in [6.45, 7) is 2.28. The van der Waals surface area contributed by atoms with Gasteiger partial charge in [0.2, 0.25) is 5.91 Å². The molecule has 0 radical (unpaired) electrons. The van der Waals surface area contributed by atoms with Crippen LogP contribution < -0.4 is 5.43 Å². The molecule has 0 saturated carbocycles. The lowest BCUT2D eigenvalue weighted by Crippen LogP contribution is -2.16. The largest absolute Gasteiger partial charge is 0.273 e. The molecule has 0 fully saturated rings. The van der Waals surface area contributed by atoms with Crippen molar-refractivity contribution in [3.05, 3.63) is 29.8 Å². The Morgan fingerprint density at radius 3 is 1.93 bits per heavy atom. The van der Waals surface area contributed by atoms with E-state index in [1.54, 1.807) is 18.0 Å². The summed E-state index contributed by atoms with van der Waals surface area (Å²) >= 11 is 1.70. The van der Waals surface area contributed by atoms with E-state index in [1.807, 2.05) is 12.1 Å². The third kappa shape index (κ3) is 15.5. The van der Waals surface area contributed by atoms with Crippen LogP contribution in [-0.2, 0) is 4.79 Å². The van der Waals surface area contributed by atoms with Crippen LogP contribution in [0, 0.1) is 0 Å². The summed E-state index contributed by atoms with van der Waals surface area (Å²) in [6.07, 6.45) is 24.4. The van der Waals surface area contributed by atoms with Crippen molar-refractivity contribution in [1.29, 1.82) is 0 Å². The van der Waals surface area contributed by atoms with Crippen LogP contribution in [0.4, 0.5) is 0 Å². The zero-order valence-corrected chi connectivity index (χ0v) is 20.3. The van der Waals surface area contributed by atoms with E-state index in [1.165, 1.54) is 88.4 Å². The van der Waals surface area contributed by atoms with Crippen LogP contribution in [0.15, 0.2) is 34.3 Å². The molecule has 0 aliphatic rings. The van der Waals surface area contributed by atoms with Crippen LogP contribution in [0.25, 0.3) is 0 Å². The van der Waals surface area contributed by atoms with Crippen LogP contribution in [0.5, 0.6) is 0 Å². The number of benzene rings is 1. The van der Waals surface area contributed by atoms with Gasteiger partial charge in [0.15, 0.2) is 0 Å². The van der Waals surface area contributed by atoms with Crippen molar-refractivity contribution in [2.75, 3.05) is 6.26 Å². The molecule has 4 heteroatoms. The molecule has 0 bridgehead atoms. The highest BCUT2D eigenvalue weighted by Crippen LogP contribution is 2.15. The Kier molecular flexibility index (Phi) is 17.5. The molecule has 0 aromatic heterocycles. The van der Waals surface area contributed by atoms with E-state index >= 15 is 0 Å². The van der Waals surface area contributed by atoms with E-state index in [0.29, 0.717) is 6.42 Å². The third-order valence-corrected chi connectivity index (χ3v) is 6.23. The van der Waals surface area contributed by atoms with Crippen molar-refractivity contribution in [3.8, 4) is 0 Å². The highest BCUT2D eigenvalue weighted by Gasteiger charge is 2.00. The molecule has 1 aromatic rings. The van der Waals surface area contributed by atoms with E-state index in [2.05, 4.69) is 35.8 Å². The van der Waals surface area contributed by atoms with Gasteiger partial charge in [0.05, 0.1) is 6.21 Å². The molecule has 0 heterocycles. The molecule has 0 atom stereocenters. The van der Waals surface area contributed by atoms with E-state index in [0.717, 1.165) is 18.4 Å². The van der Waals surface area contributed by atoms with E-state index < -0.39 is 0 Å². The monoisotopic (exact) mass is 432 g/mol. The molecule has 0 aliphatic carbocycles. The first-order chi connectivity index (χ1) is 14.8. The third-order valence-electron chi connectivity index (χ3n) is 5.50. The fourth-order valence-electron chi connectivity index (χ4n) is 3.61. The molecule has 1 aromatic carbocycles. The topological polar surface area (TPSA) is 41.5 Å². The maximum atomic E-state index is 11.9. The summed E-state index contributed by atoms with van der Waals surface area (Å²) in [6, 6.07) is 8.13. The molecule has 1 amide bonds. The van der Waals surface area contributed by atoms with Crippen molar-refractivity contribution in [3.63, 3.8) is 0 Å². The second-order valence-electron chi connectivity index (χ2n) is 8.27. The number of hydrazone groups is 1. The van der Waals surface area contributed by atoms with Gasteiger partial charge in [-0.3, -0.25) is 4.79 Å². The van der Waals surface area contributed by atoms with Crippen molar-refractivity contribution in [1.82, 2.24) is 5.43 Å². The van der Waals surface area contributed by atoms with Gasteiger partial charge in [-0.25, -0.2) is 5.43 Å². The number of amides is 1. The normalized spacial score (nSPS) is 11.3. The summed E-state index contributed by atoms with van der Waals surface area (Å²) in [5, 5.41) is 4.07. The SMILES string of the molecule is CCCCCCCCCCCCCCCCCC(=O)N/N=C/c1cccc(SC)c1. The fourth-order valence-corrected chi connectivity index (χ4v) is 4.08. The maximum absolute atomic E-state index is 11.9. The Labute approximate surface area is 189 Å². The Hall–Kier alpha value is -1.29. The number of unbranched alkanes of at least 4 members (excludes halogenated alkanes) is 14. The van der Waals surface area contributed by atoms with Gasteiger partial charge in [-0.1, -0.05) is 109 Å². The molecule has 0 unspecified atom stereocenters. The van der Waals surface area contributed by atoms with Gasteiger partial charge in [-0.15, -0.1) is 11.8 Å². The van der Waals surface area contributed by atoms with Crippen molar-refractivity contribution in [2.24, 2.45) is 5.10 Å². The zero-order chi connectivity index (χ0) is 21.7. The molecule has 1 rings (SSSR count). The predicted octanol–water partition coefficient (Wildman–Crippen LogP) is 8.12. The second kappa shape index (κ2) is 19.7. The quantitative estimate of drug-likeness (QED) is 0.104. The maximum Gasteiger partial charge on any atom is 0.240 e. The molecule has 0 saturated heterocycles.